The van der Waals surface area contributed by atoms with E-state index < -0.39 is 0 Å². The minimum Gasteiger partial charge on any atom is -0.378 e. The first-order chi connectivity index (χ1) is 12.6. The SMILES string of the molecule is CN(C)Cc1cn(C[C@H]2CC3CCN2C[C@@H]3C(=O)N2CCOCC2)nn1. The fourth-order valence-electron chi connectivity index (χ4n) is 4.67. The fraction of sp³-hybridized carbons (Fsp3) is 0.833. The summed E-state index contributed by atoms with van der Waals surface area (Å²) in [4.78, 5) is 19.5. The smallest absolute Gasteiger partial charge is 0.227 e. The number of piperidine rings is 3. The highest BCUT2D eigenvalue weighted by Crippen LogP contribution is 2.37. The van der Waals surface area contributed by atoms with Gasteiger partial charge in [-0.25, -0.2) is 0 Å². The molecule has 8 nitrogen and oxygen atoms in total. The van der Waals surface area contributed by atoms with Crippen LogP contribution in [0.5, 0.6) is 0 Å². The first kappa shape index (κ1) is 17.9. The number of aromatic nitrogens is 3. The number of carbonyl (C=O) groups is 1. The number of rotatable bonds is 5. The van der Waals surface area contributed by atoms with E-state index in [-0.39, 0.29) is 5.92 Å². The summed E-state index contributed by atoms with van der Waals surface area (Å²) >= 11 is 0. The summed E-state index contributed by atoms with van der Waals surface area (Å²) in [7, 11) is 4.08. The predicted molar refractivity (Wildman–Crippen MR) is 96.4 cm³/mol. The van der Waals surface area contributed by atoms with Crippen molar-refractivity contribution >= 4 is 5.91 Å². The third kappa shape index (κ3) is 3.77. The van der Waals surface area contributed by atoms with Gasteiger partial charge in [0, 0.05) is 38.4 Å². The quantitative estimate of drug-likeness (QED) is 0.729. The van der Waals surface area contributed by atoms with E-state index in [1.165, 1.54) is 0 Å². The molecule has 0 spiro atoms. The summed E-state index contributed by atoms with van der Waals surface area (Å²) in [6, 6.07) is 0.469. The highest BCUT2D eigenvalue weighted by atomic mass is 16.5. The minimum absolute atomic E-state index is 0.165. The molecule has 2 unspecified atom stereocenters. The van der Waals surface area contributed by atoms with Crippen molar-refractivity contribution in [1.29, 1.82) is 0 Å². The number of amides is 1. The molecule has 0 aliphatic carbocycles. The van der Waals surface area contributed by atoms with Gasteiger partial charge in [0.2, 0.25) is 5.91 Å². The second-order valence-corrected chi connectivity index (χ2v) is 8.15. The number of carbonyl (C=O) groups excluding carboxylic acids is 1. The molecular formula is C18H30N6O2. The molecule has 8 heteroatoms. The molecule has 4 fully saturated rings. The molecule has 0 saturated carbocycles. The highest BCUT2D eigenvalue weighted by molar-refractivity contribution is 5.79. The molecule has 4 aliphatic rings. The van der Waals surface area contributed by atoms with Crippen LogP contribution in [-0.2, 0) is 22.6 Å². The van der Waals surface area contributed by atoms with Gasteiger partial charge in [-0.3, -0.25) is 14.4 Å². The number of morpholine rings is 1. The number of ether oxygens (including phenoxy) is 1. The van der Waals surface area contributed by atoms with Gasteiger partial charge in [-0.15, -0.1) is 5.10 Å². The maximum Gasteiger partial charge on any atom is 0.227 e. The summed E-state index contributed by atoms with van der Waals surface area (Å²) in [6.07, 6.45) is 4.28. The van der Waals surface area contributed by atoms with Crippen LogP contribution >= 0.6 is 0 Å². The molecule has 4 atom stereocenters. The van der Waals surface area contributed by atoms with Crippen LogP contribution in [0.15, 0.2) is 6.20 Å². The monoisotopic (exact) mass is 362 g/mol. The Morgan fingerprint density at radius 1 is 1.31 bits per heavy atom. The van der Waals surface area contributed by atoms with Crippen LogP contribution < -0.4 is 0 Å². The molecule has 5 heterocycles. The molecule has 2 bridgehead atoms. The predicted octanol–water partition coefficient (Wildman–Crippen LogP) is -0.0911. The average Bonchev–Trinajstić information content (AvgIpc) is 3.08. The van der Waals surface area contributed by atoms with E-state index in [0.717, 1.165) is 57.8 Å². The third-order valence-corrected chi connectivity index (χ3v) is 5.98. The Morgan fingerprint density at radius 2 is 2.12 bits per heavy atom. The van der Waals surface area contributed by atoms with E-state index in [4.69, 9.17) is 4.74 Å². The van der Waals surface area contributed by atoms with Crippen molar-refractivity contribution in [2.24, 2.45) is 11.8 Å². The van der Waals surface area contributed by atoms with E-state index in [0.29, 0.717) is 31.1 Å². The van der Waals surface area contributed by atoms with Gasteiger partial charge in [0.1, 0.15) is 0 Å². The Labute approximate surface area is 155 Å². The lowest BCUT2D eigenvalue weighted by Gasteiger charge is -2.50. The van der Waals surface area contributed by atoms with Crippen molar-refractivity contribution in [3.63, 3.8) is 0 Å². The van der Waals surface area contributed by atoms with E-state index in [1.807, 2.05) is 23.7 Å². The second kappa shape index (κ2) is 7.62. The topological polar surface area (TPSA) is 66.7 Å². The van der Waals surface area contributed by atoms with Gasteiger partial charge in [0.05, 0.1) is 31.4 Å². The van der Waals surface area contributed by atoms with Crippen molar-refractivity contribution in [3.8, 4) is 0 Å². The van der Waals surface area contributed by atoms with Crippen LogP contribution in [-0.4, -0.2) is 95.1 Å². The number of fused-ring (bicyclic) bond motifs is 3. The van der Waals surface area contributed by atoms with Gasteiger partial charge in [-0.2, -0.15) is 0 Å². The molecule has 0 aromatic carbocycles. The molecule has 4 aliphatic heterocycles. The summed E-state index contributed by atoms with van der Waals surface area (Å²) in [5, 5.41) is 8.57. The zero-order valence-corrected chi connectivity index (χ0v) is 15.9. The molecule has 1 amide bonds. The second-order valence-electron chi connectivity index (χ2n) is 8.15. The Bertz CT molecular complexity index is 627. The highest BCUT2D eigenvalue weighted by Gasteiger charge is 2.44. The van der Waals surface area contributed by atoms with Crippen LogP contribution in [0.3, 0.4) is 0 Å². The molecule has 144 valence electrons. The summed E-state index contributed by atoms with van der Waals surface area (Å²) in [6.45, 7) is 6.53. The van der Waals surface area contributed by atoms with E-state index in [9.17, 15) is 4.79 Å². The fourth-order valence-corrected chi connectivity index (χ4v) is 4.67. The first-order valence-corrected chi connectivity index (χ1v) is 9.74. The molecule has 5 rings (SSSR count). The van der Waals surface area contributed by atoms with Crippen LogP contribution in [0.2, 0.25) is 0 Å². The van der Waals surface area contributed by atoms with Gasteiger partial charge in [-0.05, 0) is 39.4 Å². The first-order valence-electron chi connectivity index (χ1n) is 9.74. The van der Waals surface area contributed by atoms with E-state index in [1.54, 1.807) is 0 Å². The lowest BCUT2D eigenvalue weighted by molar-refractivity contribution is -0.148. The van der Waals surface area contributed by atoms with E-state index in [2.05, 4.69) is 26.3 Å². The van der Waals surface area contributed by atoms with Crippen LogP contribution in [0.25, 0.3) is 0 Å². The summed E-state index contributed by atoms with van der Waals surface area (Å²) in [5.74, 6) is 1.01. The number of nitrogens with zero attached hydrogens (tertiary/aromatic N) is 6. The lowest BCUT2D eigenvalue weighted by atomic mass is 9.75. The lowest BCUT2D eigenvalue weighted by Crippen LogP contribution is -2.59. The number of hydrogen-bond donors (Lipinski definition) is 0. The van der Waals surface area contributed by atoms with E-state index >= 15 is 0 Å². The zero-order chi connectivity index (χ0) is 18.1. The molecule has 1 aromatic rings. The van der Waals surface area contributed by atoms with Crippen molar-refractivity contribution in [2.45, 2.75) is 32.0 Å². The van der Waals surface area contributed by atoms with Crippen LogP contribution in [0, 0.1) is 11.8 Å². The summed E-state index contributed by atoms with van der Waals surface area (Å²) in [5.41, 5.74) is 1.01. The Balaban J connectivity index is 1.36. The van der Waals surface area contributed by atoms with Gasteiger partial charge < -0.3 is 14.5 Å². The molecule has 1 aromatic heterocycles. The van der Waals surface area contributed by atoms with Gasteiger partial charge in [0.15, 0.2) is 0 Å². The molecular weight excluding hydrogens is 332 g/mol. The molecule has 4 saturated heterocycles. The third-order valence-electron chi connectivity index (χ3n) is 5.98. The zero-order valence-electron chi connectivity index (χ0n) is 15.9. The van der Waals surface area contributed by atoms with Gasteiger partial charge in [-0.1, -0.05) is 5.21 Å². The Hall–Kier alpha value is -1.51. The van der Waals surface area contributed by atoms with Gasteiger partial charge in [0.25, 0.3) is 0 Å². The van der Waals surface area contributed by atoms with Crippen molar-refractivity contribution in [2.75, 3.05) is 53.5 Å². The largest absolute Gasteiger partial charge is 0.378 e. The normalized spacial score (nSPS) is 31.6. The Kier molecular flexibility index (Phi) is 5.24. The van der Waals surface area contributed by atoms with Crippen molar-refractivity contribution < 1.29 is 9.53 Å². The maximum absolute atomic E-state index is 12.9. The van der Waals surface area contributed by atoms with Crippen molar-refractivity contribution in [3.05, 3.63) is 11.9 Å². The van der Waals surface area contributed by atoms with Crippen molar-refractivity contribution in [1.82, 2.24) is 29.7 Å². The molecule has 26 heavy (non-hydrogen) atoms. The Morgan fingerprint density at radius 3 is 2.81 bits per heavy atom. The molecule has 0 radical (unpaired) electrons. The van der Waals surface area contributed by atoms with Gasteiger partial charge >= 0.3 is 0 Å². The summed E-state index contributed by atoms with van der Waals surface area (Å²) < 4.78 is 7.36. The van der Waals surface area contributed by atoms with Crippen LogP contribution in [0.4, 0.5) is 0 Å². The molecule has 0 N–H and O–H groups in total. The van der Waals surface area contributed by atoms with Crippen LogP contribution in [0.1, 0.15) is 18.5 Å². The standard InChI is InChI=1S/C18H30N6O2/c1-21(2)10-15-11-24(20-19-15)12-16-9-14-3-4-23(16)13-17(14)18(25)22-5-7-26-8-6-22/h11,14,16-17H,3-10,12-13H2,1-2H3/t14?,16-,17+/m1/s1. The maximum atomic E-state index is 12.9. The average molecular weight is 362 g/mol. The minimum atomic E-state index is 0.165. The number of hydrogen-bond acceptors (Lipinski definition) is 6.